The number of β-lactam (4-membered cyclic amide) rings is 1. The van der Waals surface area contributed by atoms with Crippen molar-refractivity contribution < 1.29 is 34.1 Å². The van der Waals surface area contributed by atoms with Crippen molar-refractivity contribution in [3.05, 3.63) is 35.9 Å². The number of fused-ring (bicyclic) bond motifs is 1. The molecular weight excluding hydrogens is 454 g/mol. The molecule has 3 aliphatic rings. The molecule has 4 atom stereocenters. The van der Waals surface area contributed by atoms with Gasteiger partial charge < -0.3 is 24.7 Å². The predicted molar refractivity (Wildman–Crippen MR) is 126 cm³/mol. The quantitative estimate of drug-likeness (QED) is 0.336. The van der Waals surface area contributed by atoms with Crippen LogP contribution >= 0.6 is 0 Å². The van der Waals surface area contributed by atoms with E-state index in [4.69, 9.17) is 4.74 Å². The van der Waals surface area contributed by atoms with Gasteiger partial charge in [0.2, 0.25) is 11.8 Å². The van der Waals surface area contributed by atoms with Crippen LogP contribution in [0.4, 0.5) is 11.4 Å². The minimum Gasteiger partial charge on any atom is -0.441 e. The molecule has 3 aliphatic heterocycles. The standard InChI is InChI=1S/C25H31N3O7/c1-15(6-4-8-21(31)27-11-5-7-18(27)14-29)25(34)19-12-17(9-10-20(19)26(3)24(25)33)28-22(32)13-23(28)35-16(2)30/h4,6,9-10,12,15,18,23,29,34H,5,7-8,11,13-14H2,1-3H3/b6-4+/t15-,18+,23?,25+/m1/s1. The van der Waals surface area contributed by atoms with E-state index in [0.717, 1.165) is 12.8 Å². The van der Waals surface area contributed by atoms with Crippen LogP contribution in [0.3, 0.4) is 0 Å². The predicted octanol–water partition coefficient (Wildman–Crippen LogP) is 1.04. The maximum Gasteiger partial charge on any atom is 0.304 e. The third-order valence-electron chi connectivity index (χ3n) is 7.15. The second-order valence-corrected chi connectivity index (χ2v) is 9.35. The van der Waals surface area contributed by atoms with Crippen LogP contribution in [0.2, 0.25) is 0 Å². The van der Waals surface area contributed by atoms with Gasteiger partial charge in [-0.2, -0.15) is 0 Å². The number of aliphatic hydroxyl groups is 2. The largest absolute Gasteiger partial charge is 0.441 e. The normalized spacial score (nSPS) is 26.8. The smallest absolute Gasteiger partial charge is 0.304 e. The molecule has 0 saturated carbocycles. The van der Waals surface area contributed by atoms with Crippen molar-refractivity contribution >= 4 is 35.1 Å². The number of carbonyl (C=O) groups excluding carboxylic acids is 4. The molecule has 4 rings (SSSR count). The van der Waals surface area contributed by atoms with Gasteiger partial charge in [0, 0.05) is 44.1 Å². The van der Waals surface area contributed by atoms with Gasteiger partial charge in [0.05, 0.1) is 24.8 Å². The van der Waals surface area contributed by atoms with Crippen molar-refractivity contribution in [1.82, 2.24) is 4.90 Å². The van der Waals surface area contributed by atoms with E-state index < -0.39 is 29.6 Å². The lowest BCUT2D eigenvalue weighted by Gasteiger charge is -2.39. The van der Waals surface area contributed by atoms with Crippen molar-refractivity contribution in [2.75, 3.05) is 30.0 Å². The molecule has 1 unspecified atom stereocenters. The molecule has 0 aliphatic carbocycles. The van der Waals surface area contributed by atoms with E-state index in [1.807, 2.05) is 0 Å². The molecule has 2 fully saturated rings. The first kappa shape index (κ1) is 24.9. The van der Waals surface area contributed by atoms with Gasteiger partial charge in [0.25, 0.3) is 5.91 Å². The number of nitrogens with zero attached hydrogens (tertiary/aromatic N) is 3. The number of rotatable bonds is 7. The number of hydrogen-bond donors (Lipinski definition) is 2. The Bertz CT molecular complexity index is 1090. The molecule has 0 aromatic heterocycles. The third kappa shape index (κ3) is 4.21. The highest BCUT2D eigenvalue weighted by atomic mass is 16.6. The number of esters is 1. The van der Waals surface area contributed by atoms with Crippen LogP contribution in [0.25, 0.3) is 0 Å². The Morgan fingerprint density at radius 1 is 1.31 bits per heavy atom. The molecule has 10 heteroatoms. The first-order valence-corrected chi connectivity index (χ1v) is 11.8. The Hall–Kier alpha value is -3.24. The zero-order valence-corrected chi connectivity index (χ0v) is 20.1. The van der Waals surface area contributed by atoms with Crippen molar-refractivity contribution in [3.63, 3.8) is 0 Å². The van der Waals surface area contributed by atoms with Gasteiger partial charge in [-0.3, -0.25) is 24.1 Å². The monoisotopic (exact) mass is 485 g/mol. The lowest BCUT2D eigenvalue weighted by atomic mass is 9.82. The van der Waals surface area contributed by atoms with Gasteiger partial charge >= 0.3 is 5.97 Å². The Morgan fingerprint density at radius 2 is 2.06 bits per heavy atom. The lowest BCUT2D eigenvalue weighted by molar-refractivity contribution is -0.154. The second-order valence-electron chi connectivity index (χ2n) is 9.35. The fourth-order valence-corrected chi connectivity index (χ4v) is 5.16. The second kappa shape index (κ2) is 9.43. The van der Waals surface area contributed by atoms with Crippen LogP contribution < -0.4 is 9.80 Å². The van der Waals surface area contributed by atoms with Gasteiger partial charge in [0.1, 0.15) is 0 Å². The molecule has 2 N–H and O–H groups in total. The summed E-state index contributed by atoms with van der Waals surface area (Å²) in [6.45, 7) is 3.50. The van der Waals surface area contributed by atoms with Crippen LogP contribution in [0, 0.1) is 5.92 Å². The highest BCUT2D eigenvalue weighted by molar-refractivity contribution is 6.08. The summed E-state index contributed by atoms with van der Waals surface area (Å²) < 4.78 is 5.18. The number of likely N-dealkylation sites (tertiary alicyclic amines) is 1. The van der Waals surface area contributed by atoms with Crippen LogP contribution in [-0.4, -0.2) is 71.3 Å². The van der Waals surface area contributed by atoms with E-state index in [9.17, 15) is 29.4 Å². The fourth-order valence-electron chi connectivity index (χ4n) is 5.16. The van der Waals surface area contributed by atoms with Crippen molar-refractivity contribution in [1.29, 1.82) is 0 Å². The Labute approximate surface area is 203 Å². The molecular formula is C25H31N3O7. The summed E-state index contributed by atoms with van der Waals surface area (Å²) in [6, 6.07) is 4.72. The molecule has 188 valence electrons. The minimum absolute atomic E-state index is 0.0661. The molecule has 1 aromatic carbocycles. The first-order valence-electron chi connectivity index (χ1n) is 11.8. The Balaban J connectivity index is 1.55. The summed E-state index contributed by atoms with van der Waals surface area (Å²) in [5.41, 5.74) is -0.626. The number of amides is 3. The topological polar surface area (TPSA) is 128 Å². The van der Waals surface area contributed by atoms with E-state index in [1.54, 1.807) is 49.2 Å². The van der Waals surface area contributed by atoms with Gasteiger partial charge in [-0.1, -0.05) is 19.1 Å². The first-order chi connectivity index (χ1) is 16.6. The molecule has 0 spiro atoms. The molecule has 0 bridgehead atoms. The number of anilines is 2. The summed E-state index contributed by atoms with van der Waals surface area (Å²) in [4.78, 5) is 53.7. The molecule has 3 heterocycles. The third-order valence-corrected chi connectivity index (χ3v) is 7.15. The SMILES string of the molecule is CC(=O)OC1CC(=O)N1c1ccc2c(c1)[C@@](O)([C@H](C)/C=C/CC(=O)N1CCC[C@H]1CO)C(=O)N2C. The Kier molecular flexibility index (Phi) is 6.70. The number of benzene rings is 1. The van der Waals surface area contributed by atoms with E-state index in [-0.39, 0.29) is 37.3 Å². The zero-order valence-electron chi connectivity index (χ0n) is 20.1. The van der Waals surface area contributed by atoms with Crippen molar-refractivity contribution in [2.45, 2.75) is 57.4 Å². The van der Waals surface area contributed by atoms with E-state index in [1.165, 1.54) is 16.7 Å². The average Bonchev–Trinajstić information content (AvgIpc) is 3.37. The highest BCUT2D eigenvalue weighted by Crippen LogP contribution is 2.46. The van der Waals surface area contributed by atoms with Crippen LogP contribution in [0.15, 0.2) is 30.4 Å². The van der Waals surface area contributed by atoms with Crippen molar-refractivity contribution in [3.8, 4) is 0 Å². The van der Waals surface area contributed by atoms with Crippen LogP contribution in [-0.2, 0) is 29.5 Å². The number of carbonyl (C=O) groups is 4. The molecule has 2 saturated heterocycles. The van der Waals surface area contributed by atoms with Crippen LogP contribution in [0.1, 0.15) is 45.1 Å². The lowest BCUT2D eigenvalue weighted by Crippen LogP contribution is -2.55. The average molecular weight is 486 g/mol. The summed E-state index contributed by atoms with van der Waals surface area (Å²) in [5, 5.41) is 21.1. The van der Waals surface area contributed by atoms with Gasteiger partial charge in [-0.25, -0.2) is 0 Å². The number of aliphatic hydroxyl groups excluding tert-OH is 1. The summed E-state index contributed by atoms with van der Waals surface area (Å²) >= 11 is 0. The number of likely N-dealkylation sites (N-methyl/N-ethyl adjacent to an activating group) is 1. The summed E-state index contributed by atoms with van der Waals surface area (Å²) in [7, 11) is 1.57. The van der Waals surface area contributed by atoms with Gasteiger partial charge in [-0.05, 0) is 31.0 Å². The molecule has 0 radical (unpaired) electrons. The molecule has 3 amide bonds. The Morgan fingerprint density at radius 3 is 2.71 bits per heavy atom. The van der Waals surface area contributed by atoms with Crippen LogP contribution in [0.5, 0.6) is 0 Å². The molecule has 35 heavy (non-hydrogen) atoms. The van der Waals surface area contributed by atoms with E-state index in [2.05, 4.69) is 0 Å². The number of ether oxygens (including phenoxy) is 1. The van der Waals surface area contributed by atoms with E-state index in [0.29, 0.717) is 23.5 Å². The van der Waals surface area contributed by atoms with Gasteiger partial charge in [-0.15, -0.1) is 0 Å². The summed E-state index contributed by atoms with van der Waals surface area (Å²) in [6.07, 6.45) is 4.36. The number of hydrogen-bond acceptors (Lipinski definition) is 7. The van der Waals surface area contributed by atoms with Crippen molar-refractivity contribution in [2.24, 2.45) is 5.92 Å². The highest BCUT2D eigenvalue weighted by Gasteiger charge is 2.52. The molecule has 10 nitrogen and oxygen atoms in total. The van der Waals surface area contributed by atoms with E-state index >= 15 is 0 Å². The minimum atomic E-state index is -1.90. The zero-order chi connectivity index (χ0) is 25.5. The fraction of sp³-hybridized carbons (Fsp3) is 0.520. The molecule has 1 aromatic rings. The maximum absolute atomic E-state index is 13.1. The van der Waals surface area contributed by atoms with Gasteiger partial charge in [0.15, 0.2) is 11.8 Å². The summed E-state index contributed by atoms with van der Waals surface area (Å²) in [5.74, 6) is -2.04. The maximum atomic E-state index is 13.1.